The standard InChI is InChI=1S/C51H62N4O13S/c1-37-15-21-43-41(34-37)50(2,3)46(53(43)26-27-64-28-29-65-30-31-66-32-33-67-36-38-16-18-39(19-17-38)55(59)60)13-9-6-8-12-45-51(4,5)42-35-40(69(61,62)63)20-22-44(42)52(45)25-11-7-10-14-49(58)68-54-47(56)23-24-48(54)57/h6,8-9,12-13,15-22,34-35H,7,10-11,14,23-33,36H2,1-5H3/p+1. The molecule has 3 aliphatic heterocycles. The zero-order chi connectivity index (χ0) is 49.8. The molecule has 18 heteroatoms. The molecule has 0 saturated carbocycles. The predicted octanol–water partition coefficient (Wildman–Crippen LogP) is 7.75. The number of non-ortho nitro benzene ring substituents is 1. The van der Waals surface area contributed by atoms with Gasteiger partial charge in [0.05, 0.1) is 68.1 Å². The van der Waals surface area contributed by atoms with Crippen molar-refractivity contribution >= 4 is 50.7 Å². The van der Waals surface area contributed by atoms with Gasteiger partial charge in [0.25, 0.3) is 27.6 Å². The maximum Gasteiger partial charge on any atom is 0.333 e. The minimum absolute atomic E-state index is 0.0313. The fraction of sp³-hybridized carbons (Fsp3) is 0.451. The monoisotopic (exact) mass is 971 g/mol. The van der Waals surface area contributed by atoms with Crippen LogP contribution in [0.4, 0.5) is 17.1 Å². The van der Waals surface area contributed by atoms with Crippen LogP contribution in [-0.2, 0) is 65.7 Å². The molecule has 3 heterocycles. The number of carbonyl (C=O) groups excluding carboxylic acids is 3. The highest BCUT2D eigenvalue weighted by molar-refractivity contribution is 7.85. The van der Waals surface area contributed by atoms with Crippen molar-refractivity contribution in [3.63, 3.8) is 0 Å². The van der Waals surface area contributed by atoms with Gasteiger partial charge < -0.3 is 28.7 Å². The molecule has 3 aromatic carbocycles. The van der Waals surface area contributed by atoms with Gasteiger partial charge in [0.2, 0.25) is 5.69 Å². The van der Waals surface area contributed by atoms with Crippen molar-refractivity contribution in [1.82, 2.24) is 5.06 Å². The largest absolute Gasteiger partial charge is 0.377 e. The van der Waals surface area contributed by atoms with Gasteiger partial charge in [-0.2, -0.15) is 13.0 Å². The van der Waals surface area contributed by atoms with Crippen molar-refractivity contribution in [3.8, 4) is 0 Å². The first-order valence-corrected chi connectivity index (χ1v) is 24.7. The number of amides is 2. The maximum absolute atomic E-state index is 12.4. The molecule has 0 aliphatic carbocycles. The topological polar surface area (TPSA) is 204 Å². The summed E-state index contributed by atoms with van der Waals surface area (Å²) in [5.41, 5.74) is 7.12. The van der Waals surface area contributed by atoms with Gasteiger partial charge >= 0.3 is 5.97 Å². The summed E-state index contributed by atoms with van der Waals surface area (Å²) < 4.78 is 59.3. The van der Waals surface area contributed by atoms with E-state index in [0.29, 0.717) is 90.3 Å². The summed E-state index contributed by atoms with van der Waals surface area (Å²) in [6.45, 7) is 15.0. The maximum atomic E-state index is 12.4. The number of hydroxylamine groups is 2. The van der Waals surface area contributed by atoms with Crippen molar-refractivity contribution < 1.29 is 60.6 Å². The number of carbonyl (C=O) groups is 3. The van der Waals surface area contributed by atoms with Gasteiger partial charge in [-0.25, -0.2) is 4.79 Å². The molecule has 0 radical (unpaired) electrons. The lowest BCUT2D eigenvalue weighted by atomic mass is 9.81. The average Bonchev–Trinajstić information content (AvgIpc) is 3.81. The van der Waals surface area contributed by atoms with Crippen LogP contribution < -0.4 is 4.90 Å². The predicted molar refractivity (Wildman–Crippen MR) is 258 cm³/mol. The minimum atomic E-state index is -4.44. The molecule has 0 atom stereocenters. The van der Waals surface area contributed by atoms with Crippen LogP contribution in [0, 0.1) is 17.0 Å². The number of aryl methyl sites for hydroxylation is 1. The highest BCUT2D eigenvalue weighted by atomic mass is 32.2. The zero-order valence-electron chi connectivity index (χ0n) is 40.0. The van der Waals surface area contributed by atoms with Crippen LogP contribution in [0.25, 0.3) is 0 Å². The number of allylic oxidation sites excluding steroid dienone is 6. The summed E-state index contributed by atoms with van der Waals surface area (Å²) in [4.78, 5) is 53.6. The zero-order valence-corrected chi connectivity index (χ0v) is 40.8. The Labute approximate surface area is 403 Å². The van der Waals surface area contributed by atoms with Crippen LogP contribution in [0.2, 0.25) is 0 Å². The summed E-state index contributed by atoms with van der Waals surface area (Å²) in [5.74, 6) is -1.68. The van der Waals surface area contributed by atoms with Crippen molar-refractivity contribution in [2.75, 3.05) is 64.2 Å². The van der Waals surface area contributed by atoms with Crippen LogP contribution in [0.5, 0.6) is 0 Å². The first-order valence-electron chi connectivity index (χ1n) is 23.2. The highest BCUT2D eigenvalue weighted by Gasteiger charge is 2.45. The minimum Gasteiger partial charge on any atom is -0.377 e. The van der Waals surface area contributed by atoms with E-state index in [2.05, 4.69) is 54.5 Å². The van der Waals surface area contributed by atoms with E-state index in [4.69, 9.17) is 23.8 Å². The van der Waals surface area contributed by atoms with E-state index >= 15 is 0 Å². The number of benzene rings is 3. The lowest BCUT2D eigenvalue weighted by Crippen LogP contribution is -2.31. The van der Waals surface area contributed by atoms with E-state index in [1.54, 1.807) is 18.2 Å². The van der Waals surface area contributed by atoms with E-state index < -0.39 is 38.2 Å². The van der Waals surface area contributed by atoms with Crippen molar-refractivity contribution in [1.29, 1.82) is 0 Å². The van der Waals surface area contributed by atoms with E-state index in [-0.39, 0.29) is 35.3 Å². The van der Waals surface area contributed by atoms with E-state index in [9.17, 15) is 37.5 Å². The molecule has 370 valence electrons. The Morgan fingerprint density at radius 1 is 0.797 bits per heavy atom. The number of hydrogen-bond donors (Lipinski definition) is 1. The Morgan fingerprint density at radius 3 is 2.10 bits per heavy atom. The molecule has 2 amide bonds. The average molecular weight is 972 g/mol. The molecule has 69 heavy (non-hydrogen) atoms. The van der Waals surface area contributed by atoms with E-state index in [1.807, 2.05) is 38.2 Å². The van der Waals surface area contributed by atoms with Crippen molar-refractivity contribution in [3.05, 3.63) is 129 Å². The quantitative estimate of drug-likeness (QED) is 0.0155. The number of hydrogen-bond acceptors (Lipinski definition) is 13. The number of nitro groups is 1. The third-order valence-electron chi connectivity index (χ3n) is 12.4. The van der Waals surface area contributed by atoms with Crippen LogP contribution >= 0.6 is 0 Å². The van der Waals surface area contributed by atoms with Crippen molar-refractivity contribution in [2.45, 2.75) is 95.5 Å². The smallest absolute Gasteiger partial charge is 0.333 e. The fourth-order valence-electron chi connectivity index (χ4n) is 8.68. The first kappa shape index (κ1) is 52.5. The molecular weight excluding hydrogens is 909 g/mol. The molecule has 6 rings (SSSR count). The Morgan fingerprint density at radius 2 is 1.45 bits per heavy atom. The number of imide groups is 1. The van der Waals surface area contributed by atoms with Crippen LogP contribution in [0.3, 0.4) is 0 Å². The van der Waals surface area contributed by atoms with E-state index in [1.165, 1.54) is 35.4 Å². The number of rotatable bonds is 26. The van der Waals surface area contributed by atoms with Gasteiger partial charge in [-0.1, -0.05) is 49.8 Å². The number of ether oxygens (including phenoxy) is 4. The van der Waals surface area contributed by atoms with Gasteiger partial charge in [-0.05, 0) is 81.1 Å². The van der Waals surface area contributed by atoms with Crippen LogP contribution in [0.1, 0.15) is 88.5 Å². The summed E-state index contributed by atoms with van der Waals surface area (Å²) >= 11 is 0. The lowest BCUT2D eigenvalue weighted by molar-refractivity contribution is -0.438. The van der Waals surface area contributed by atoms with Gasteiger partial charge in [-0.3, -0.25) is 24.3 Å². The second-order valence-electron chi connectivity index (χ2n) is 18.1. The molecule has 1 saturated heterocycles. The molecule has 1 fully saturated rings. The third-order valence-corrected chi connectivity index (χ3v) is 13.2. The molecule has 1 N–H and O–H groups in total. The summed E-state index contributed by atoms with van der Waals surface area (Å²) in [7, 11) is -4.44. The molecule has 0 spiro atoms. The Bertz CT molecular complexity index is 2580. The summed E-state index contributed by atoms with van der Waals surface area (Å²) in [6.07, 6.45) is 12.0. The molecule has 0 unspecified atom stereocenters. The number of anilines is 1. The van der Waals surface area contributed by atoms with Crippen LogP contribution in [0.15, 0.2) is 102 Å². The van der Waals surface area contributed by atoms with Gasteiger partial charge in [0, 0.05) is 78.9 Å². The molecule has 17 nitrogen and oxygen atoms in total. The Balaban J connectivity index is 1.02. The van der Waals surface area contributed by atoms with Gasteiger partial charge in [0.15, 0.2) is 5.71 Å². The molecule has 3 aromatic rings. The van der Waals surface area contributed by atoms with Crippen molar-refractivity contribution in [2.24, 2.45) is 0 Å². The Hall–Kier alpha value is -5.89. The number of nitrogens with zero attached hydrogens (tertiary/aromatic N) is 4. The first-order chi connectivity index (χ1) is 32.9. The number of nitro benzene ring substituents is 1. The Kier molecular flexibility index (Phi) is 18.0. The summed E-state index contributed by atoms with van der Waals surface area (Å²) in [6, 6.07) is 17.4. The SMILES string of the molecule is Cc1ccc2c(c1)C(C)(C)C(=CC=CC=CC1=[N+](CCCCCC(=O)ON3C(=O)CCC3=O)c3ccc(S(=O)(=O)O)cc3C1(C)C)N2CCOCCOCCOCCOCc1ccc([N+](=O)[O-])cc1. The highest BCUT2D eigenvalue weighted by Crippen LogP contribution is 2.48. The summed E-state index contributed by atoms with van der Waals surface area (Å²) in [5, 5.41) is 11.4. The molecule has 0 aromatic heterocycles. The normalized spacial score (nSPS) is 17.0. The van der Waals surface area contributed by atoms with Gasteiger partial charge in [-0.15, -0.1) is 5.06 Å². The second-order valence-corrected chi connectivity index (χ2v) is 19.5. The van der Waals surface area contributed by atoms with Crippen LogP contribution in [-0.4, -0.2) is 110 Å². The van der Waals surface area contributed by atoms with E-state index in [0.717, 1.165) is 33.9 Å². The molecule has 0 bridgehead atoms. The fourth-order valence-corrected chi connectivity index (χ4v) is 9.19. The molecule has 3 aliphatic rings. The number of unbranched alkanes of at least 4 members (excludes halogenated alkanes) is 2. The van der Waals surface area contributed by atoms with Gasteiger partial charge in [0.1, 0.15) is 6.54 Å². The third kappa shape index (κ3) is 13.5. The second kappa shape index (κ2) is 23.6. The number of fused-ring (bicyclic) bond motifs is 2. The lowest BCUT2D eigenvalue weighted by Gasteiger charge is -2.27. The molecular formula is C51H63N4O13S+.